The van der Waals surface area contributed by atoms with Gasteiger partial charge in [0.05, 0.1) is 5.69 Å². The quantitative estimate of drug-likeness (QED) is 0.786. The summed E-state index contributed by atoms with van der Waals surface area (Å²) in [7, 11) is 0. The third kappa shape index (κ3) is 3.23. The minimum atomic E-state index is -1.05. The molecule has 0 aliphatic carbocycles. The van der Waals surface area contributed by atoms with Crippen molar-refractivity contribution in [2.75, 3.05) is 5.32 Å². The molecule has 2 rings (SSSR count). The zero-order valence-electron chi connectivity index (χ0n) is 10.4. The highest BCUT2D eigenvalue weighted by Gasteiger charge is 2.16. The fourth-order valence-electron chi connectivity index (χ4n) is 1.81. The van der Waals surface area contributed by atoms with Crippen molar-refractivity contribution in [3.63, 3.8) is 0 Å². The van der Waals surface area contributed by atoms with Crippen molar-refractivity contribution in [3.05, 3.63) is 39.8 Å². The number of aryl methyl sites for hydroxylation is 2. The molecule has 0 saturated heterocycles. The standard InChI is InChI=1S/C13H14N2O3S/c1-8-12(13(17)18)10(7-14-8)15-11(16)5-4-9-3-2-6-19-9/h2-3,6-7,14H,4-5H2,1H3,(H,15,16)(H,17,18). The third-order valence-corrected chi connectivity index (χ3v) is 3.68. The summed E-state index contributed by atoms with van der Waals surface area (Å²) in [5, 5.41) is 13.7. The van der Waals surface area contributed by atoms with Crippen LogP contribution in [0.5, 0.6) is 0 Å². The van der Waals surface area contributed by atoms with Crippen molar-refractivity contribution < 1.29 is 14.7 Å². The Kier molecular flexibility index (Phi) is 4.01. The fraction of sp³-hybridized carbons (Fsp3) is 0.231. The molecule has 1 amide bonds. The zero-order valence-corrected chi connectivity index (χ0v) is 11.2. The molecular formula is C13H14N2O3S. The van der Waals surface area contributed by atoms with E-state index in [4.69, 9.17) is 5.11 Å². The largest absolute Gasteiger partial charge is 0.478 e. The number of aromatic nitrogens is 1. The van der Waals surface area contributed by atoms with Crippen molar-refractivity contribution in [3.8, 4) is 0 Å². The number of carboxylic acids is 1. The molecule has 2 aromatic rings. The monoisotopic (exact) mass is 278 g/mol. The Morgan fingerprint density at radius 3 is 2.89 bits per heavy atom. The average Bonchev–Trinajstić information content (AvgIpc) is 2.96. The predicted octanol–water partition coefficient (Wildman–Crippen LogP) is 2.65. The van der Waals surface area contributed by atoms with Gasteiger partial charge in [-0.25, -0.2) is 4.79 Å². The predicted molar refractivity (Wildman–Crippen MR) is 73.8 cm³/mol. The lowest BCUT2D eigenvalue weighted by molar-refractivity contribution is -0.116. The maximum atomic E-state index is 11.8. The van der Waals surface area contributed by atoms with E-state index in [1.807, 2.05) is 17.5 Å². The summed E-state index contributed by atoms with van der Waals surface area (Å²) >= 11 is 1.60. The summed E-state index contributed by atoms with van der Waals surface area (Å²) in [6.07, 6.45) is 2.50. The van der Waals surface area contributed by atoms with Gasteiger partial charge in [0.1, 0.15) is 5.56 Å². The van der Waals surface area contributed by atoms with Crippen LogP contribution in [0.3, 0.4) is 0 Å². The summed E-state index contributed by atoms with van der Waals surface area (Å²) in [6.45, 7) is 1.66. The van der Waals surface area contributed by atoms with Crippen molar-refractivity contribution in [1.82, 2.24) is 4.98 Å². The summed E-state index contributed by atoms with van der Waals surface area (Å²) in [4.78, 5) is 26.8. The van der Waals surface area contributed by atoms with Crippen LogP contribution in [0.15, 0.2) is 23.7 Å². The molecular weight excluding hydrogens is 264 g/mol. The maximum absolute atomic E-state index is 11.8. The molecule has 0 fully saturated rings. The Hall–Kier alpha value is -2.08. The molecule has 6 heteroatoms. The van der Waals surface area contributed by atoms with E-state index in [1.165, 1.54) is 6.20 Å². The van der Waals surface area contributed by atoms with Crippen molar-refractivity contribution >= 4 is 28.9 Å². The Labute approximate surface area is 114 Å². The average molecular weight is 278 g/mol. The summed E-state index contributed by atoms with van der Waals surface area (Å²) in [5.41, 5.74) is 0.965. The number of anilines is 1. The number of carbonyl (C=O) groups excluding carboxylic acids is 1. The van der Waals surface area contributed by atoms with Gasteiger partial charge in [-0.15, -0.1) is 11.3 Å². The van der Waals surface area contributed by atoms with Gasteiger partial charge in [-0.05, 0) is 24.8 Å². The lowest BCUT2D eigenvalue weighted by Crippen LogP contribution is -2.14. The molecule has 0 bridgehead atoms. The molecule has 0 unspecified atom stereocenters. The molecule has 2 aromatic heterocycles. The number of aromatic amines is 1. The minimum Gasteiger partial charge on any atom is -0.478 e. The molecule has 0 spiro atoms. The van der Waals surface area contributed by atoms with Crippen LogP contribution in [-0.2, 0) is 11.2 Å². The van der Waals surface area contributed by atoms with Gasteiger partial charge in [-0.1, -0.05) is 6.07 Å². The van der Waals surface area contributed by atoms with Gasteiger partial charge in [-0.2, -0.15) is 0 Å². The number of aromatic carboxylic acids is 1. The van der Waals surface area contributed by atoms with Crippen LogP contribution in [0.4, 0.5) is 5.69 Å². The van der Waals surface area contributed by atoms with Crippen molar-refractivity contribution in [2.24, 2.45) is 0 Å². The highest BCUT2D eigenvalue weighted by Crippen LogP contribution is 2.19. The number of H-pyrrole nitrogens is 1. The van der Waals surface area contributed by atoms with E-state index < -0.39 is 5.97 Å². The van der Waals surface area contributed by atoms with E-state index in [-0.39, 0.29) is 11.5 Å². The Morgan fingerprint density at radius 1 is 1.47 bits per heavy atom. The Bertz CT molecular complexity index is 587. The molecule has 0 atom stereocenters. The fourth-order valence-corrected chi connectivity index (χ4v) is 2.51. The first-order valence-corrected chi connectivity index (χ1v) is 6.69. The molecule has 0 radical (unpaired) electrons. The number of rotatable bonds is 5. The van der Waals surface area contributed by atoms with Crippen LogP contribution < -0.4 is 5.32 Å². The van der Waals surface area contributed by atoms with Crippen LogP contribution in [0, 0.1) is 6.92 Å². The van der Waals surface area contributed by atoms with E-state index >= 15 is 0 Å². The lowest BCUT2D eigenvalue weighted by Gasteiger charge is -2.04. The Balaban J connectivity index is 1.97. The minimum absolute atomic E-state index is 0.115. The SMILES string of the molecule is Cc1[nH]cc(NC(=O)CCc2cccs2)c1C(=O)O. The van der Waals surface area contributed by atoms with Gasteiger partial charge in [0, 0.05) is 23.2 Å². The van der Waals surface area contributed by atoms with Gasteiger partial charge >= 0.3 is 5.97 Å². The topological polar surface area (TPSA) is 82.2 Å². The molecule has 0 aliphatic heterocycles. The van der Waals surface area contributed by atoms with Crippen molar-refractivity contribution in [1.29, 1.82) is 0 Å². The first-order valence-electron chi connectivity index (χ1n) is 5.81. The normalized spacial score (nSPS) is 10.4. The summed E-state index contributed by atoms with van der Waals surface area (Å²) < 4.78 is 0. The molecule has 3 N–H and O–H groups in total. The van der Waals surface area contributed by atoms with Gasteiger partial charge in [0.25, 0.3) is 0 Å². The second-order valence-corrected chi connectivity index (χ2v) is 5.17. The molecule has 5 nitrogen and oxygen atoms in total. The van der Waals surface area contributed by atoms with E-state index in [1.54, 1.807) is 18.3 Å². The second kappa shape index (κ2) is 5.71. The van der Waals surface area contributed by atoms with E-state index in [2.05, 4.69) is 10.3 Å². The highest BCUT2D eigenvalue weighted by molar-refractivity contribution is 7.09. The van der Waals surface area contributed by atoms with Crippen LogP contribution in [-0.4, -0.2) is 22.0 Å². The summed E-state index contributed by atoms with van der Waals surface area (Å²) in [6, 6.07) is 3.91. The van der Waals surface area contributed by atoms with Crippen LogP contribution >= 0.6 is 11.3 Å². The Morgan fingerprint density at radius 2 is 2.26 bits per heavy atom. The first-order chi connectivity index (χ1) is 9.08. The van der Waals surface area contributed by atoms with Crippen LogP contribution in [0.1, 0.15) is 27.3 Å². The summed E-state index contributed by atoms with van der Waals surface area (Å²) in [5.74, 6) is -1.23. The van der Waals surface area contributed by atoms with E-state index in [9.17, 15) is 9.59 Å². The number of amides is 1. The van der Waals surface area contributed by atoms with E-state index in [0.29, 0.717) is 24.2 Å². The number of hydrogen-bond donors (Lipinski definition) is 3. The second-order valence-electron chi connectivity index (χ2n) is 4.14. The molecule has 0 aliphatic rings. The molecule has 19 heavy (non-hydrogen) atoms. The van der Waals surface area contributed by atoms with Gasteiger partial charge in [0.2, 0.25) is 5.91 Å². The number of carbonyl (C=O) groups is 2. The third-order valence-electron chi connectivity index (χ3n) is 2.74. The van der Waals surface area contributed by atoms with E-state index in [0.717, 1.165) is 4.88 Å². The zero-order chi connectivity index (χ0) is 13.8. The number of nitrogens with one attached hydrogen (secondary N) is 2. The molecule has 2 heterocycles. The lowest BCUT2D eigenvalue weighted by atomic mass is 10.2. The highest BCUT2D eigenvalue weighted by atomic mass is 32.1. The van der Waals surface area contributed by atoms with Gasteiger partial charge < -0.3 is 15.4 Å². The maximum Gasteiger partial charge on any atom is 0.339 e. The van der Waals surface area contributed by atoms with Crippen molar-refractivity contribution in [2.45, 2.75) is 19.8 Å². The molecule has 100 valence electrons. The first kappa shape index (κ1) is 13.4. The number of thiophene rings is 1. The molecule has 0 saturated carbocycles. The number of carboxylic acid groups (broad SMARTS) is 1. The smallest absolute Gasteiger partial charge is 0.339 e. The van der Waals surface area contributed by atoms with Crippen LogP contribution in [0.2, 0.25) is 0 Å². The van der Waals surface area contributed by atoms with Gasteiger partial charge in [-0.3, -0.25) is 4.79 Å². The molecule has 0 aromatic carbocycles. The van der Waals surface area contributed by atoms with Gasteiger partial charge in [0.15, 0.2) is 0 Å². The van der Waals surface area contributed by atoms with Crippen LogP contribution in [0.25, 0.3) is 0 Å². The number of hydrogen-bond acceptors (Lipinski definition) is 3.